The first-order valence-electron chi connectivity index (χ1n) is 7.51. The molecule has 0 spiro atoms. The summed E-state index contributed by atoms with van der Waals surface area (Å²) < 4.78 is 16.5. The standard InChI is InChI=1S/C15H29FO3/c1-19-15(18)12-10-8-6-4-2-3-5-7-9-11-14(17)13-16/h14,17H,2-13H2,1H3. The topological polar surface area (TPSA) is 46.5 Å². The monoisotopic (exact) mass is 276 g/mol. The van der Waals surface area contributed by atoms with E-state index in [1.165, 1.54) is 39.2 Å². The number of alkyl halides is 1. The van der Waals surface area contributed by atoms with E-state index in [9.17, 15) is 9.18 Å². The molecule has 0 aromatic heterocycles. The van der Waals surface area contributed by atoms with Gasteiger partial charge in [0, 0.05) is 6.42 Å². The van der Waals surface area contributed by atoms with Crippen molar-refractivity contribution in [3.63, 3.8) is 0 Å². The Morgan fingerprint density at radius 3 is 1.95 bits per heavy atom. The van der Waals surface area contributed by atoms with Gasteiger partial charge in [-0.3, -0.25) is 4.79 Å². The molecule has 114 valence electrons. The van der Waals surface area contributed by atoms with Gasteiger partial charge in [0.2, 0.25) is 0 Å². The van der Waals surface area contributed by atoms with Gasteiger partial charge in [0.15, 0.2) is 0 Å². The number of aliphatic hydroxyl groups excluding tert-OH is 1. The minimum absolute atomic E-state index is 0.115. The second-order valence-electron chi connectivity index (χ2n) is 5.10. The molecule has 0 aliphatic carbocycles. The van der Waals surface area contributed by atoms with Crippen LogP contribution < -0.4 is 0 Å². The molecule has 3 nitrogen and oxygen atoms in total. The van der Waals surface area contributed by atoms with Gasteiger partial charge < -0.3 is 9.84 Å². The van der Waals surface area contributed by atoms with Gasteiger partial charge in [0.25, 0.3) is 0 Å². The molecular formula is C15H29FO3. The van der Waals surface area contributed by atoms with E-state index in [1.54, 1.807) is 0 Å². The van der Waals surface area contributed by atoms with Crippen molar-refractivity contribution < 1.29 is 19.0 Å². The number of rotatable bonds is 13. The third kappa shape index (κ3) is 13.6. The predicted octanol–water partition coefficient (Wildman–Crippen LogP) is 3.78. The number of carbonyl (C=O) groups excluding carboxylic acids is 1. The van der Waals surface area contributed by atoms with Gasteiger partial charge >= 0.3 is 5.97 Å². The van der Waals surface area contributed by atoms with Crippen LogP contribution in [0, 0.1) is 0 Å². The first-order valence-corrected chi connectivity index (χ1v) is 7.51. The van der Waals surface area contributed by atoms with Crippen molar-refractivity contribution in [3.8, 4) is 0 Å². The van der Waals surface area contributed by atoms with Gasteiger partial charge in [-0.1, -0.05) is 51.4 Å². The maximum Gasteiger partial charge on any atom is 0.305 e. The number of esters is 1. The normalized spacial score (nSPS) is 12.4. The summed E-state index contributed by atoms with van der Waals surface area (Å²) in [5, 5.41) is 9.03. The largest absolute Gasteiger partial charge is 0.469 e. The molecule has 1 atom stereocenters. The van der Waals surface area contributed by atoms with Crippen molar-refractivity contribution in [2.45, 2.75) is 76.7 Å². The lowest BCUT2D eigenvalue weighted by Gasteiger charge is -2.05. The molecule has 0 aromatic rings. The maximum absolute atomic E-state index is 12.0. The molecule has 4 heteroatoms. The number of ether oxygens (including phenoxy) is 1. The zero-order valence-corrected chi connectivity index (χ0v) is 12.2. The van der Waals surface area contributed by atoms with Crippen LogP contribution in [0.25, 0.3) is 0 Å². The molecule has 0 aromatic carbocycles. The van der Waals surface area contributed by atoms with Gasteiger partial charge in [0.1, 0.15) is 6.67 Å². The van der Waals surface area contributed by atoms with Crippen LogP contribution in [0.4, 0.5) is 4.39 Å². The number of unbranched alkanes of at least 4 members (excludes halogenated alkanes) is 8. The molecule has 0 aliphatic heterocycles. The molecule has 1 N–H and O–H groups in total. The fourth-order valence-corrected chi connectivity index (χ4v) is 2.07. The average molecular weight is 276 g/mol. The Morgan fingerprint density at radius 2 is 1.47 bits per heavy atom. The van der Waals surface area contributed by atoms with Crippen LogP contribution in [0.15, 0.2) is 0 Å². The highest BCUT2D eigenvalue weighted by Gasteiger charge is 2.02. The van der Waals surface area contributed by atoms with Crippen LogP contribution in [0.3, 0.4) is 0 Å². The van der Waals surface area contributed by atoms with Crippen LogP contribution >= 0.6 is 0 Å². The summed E-state index contributed by atoms with van der Waals surface area (Å²) in [6.45, 7) is -0.619. The van der Waals surface area contributed by atoms with Gasteiger partial charge in [-0.15, -0.1) is 0 Å². The van der Waals surface area contributed by atoms with E-state index < -0.39 is 12.8 Å². The molecule has 0 fully saturated rings. The summed E-state index contributed by atoms with van der Waals surface area (Å²) in [6.07, 6.45) is 10.4. The minimum Gasteiger partial charge on any atom is -0.469 e. The van der Waals surface area contributed by atoms with Crippen molar-refractivity contribution in [1.82, 2.24) is 0 Å². The summed E-state index contributed by atoms with van der Waals surface area (Å²) in [5.41, 5.74) is 0. The highest BCUT2D eigenvalue weighted by molar-refractivity contribution is 5.68. The number of halogens is 1. The number of carbonyl (C=O) groups is 1. The van der Waals surface area contributed by atoms with Gasteiger partial charge in [0.05, 0.1) is 13.2 Å². The van der Waals surface area contributed by atoms with Gasteiger partial charge in [-0.2, -0.15) is 0 Å². The van der Waals surface area contributed by atoms with Crippen LogP contribution in [0.5, 0.6) is 0 Å². The lowest BCUT2D eigenvalue weighted by atomic mass is 10.0. The summed E-state index contributed by atoms with van der Waals surface area (Å²) in [4.78, 5) is 10.9. The molecular weight excluding hydrogens is 247 g/mol. The summed E-state index contributed by atoms with van der Waals surface area (Å²) in [7, 11) is 1.43. The Labute approximate surface area is 116 Å². The molecule has 0 saturated carbocycles. The van der Waals surface area contributed by atoms with E-state index in [2.05, 4.69) is 4.74 Å². The first kappa shape index (κ1) is 18.4. The second kappa shape index (κ2) is 13.8. The lowest BCUT2D eigenvalue weighted by Crippen LogP contribution is -2.07. The molecule has 0 amide bonds. The van der Waals surface area contributed by atoms with Crippen molar-refractivity contribution >= 4 is 5.97 Å². The molecule has 0 aliphatic rings. The van der Waals surface area contributed by atoms with Gasteiger partial charge in [-0.25, -0.2) is 4.39 Å². The van der Waals surface area contributed by atoms with Crippen molar-refractivity contribution in [2.24, 2.45) is 0 Å². The smallest absolute Gasteiger partial charge is 0.305 e. The van der Waals surface area contributed by atoms with Crippen LogP contribution in [-0.4, -0.2) is 31.0 Å². The van der Waals surface area contributed by atoms with E-state index in [0.717, 1.165) is 25.7 Å². The number of methoxy groups -OCH3 is 1. The van der Waals surface area contributed by atoms with Crippen LogP contribution in [0.1, 0.15) is 70.6 Å². The zero-order valence-electron chi connectivity index (χ0n) is 12.2. The average Bonchev–Trinajstić information content (AvgIpc) is 2.43. The van der Waals surface area contributed by atoms with Crippen molar-refractivity contribution in [2.75, 3.05) is 13.8 Å². The van der Waals surface area contributed by atoms with Crippen molar-refractivity contribution in [3.05, 3.63) is 0 Å². The van der Waals surface area contributed by atoms with Crippen molar-refractivity contribution in [1.29, 1.82) is 0 Å². The second-order valence-corrected chi connectivity index (χ2v) is 5.10. The molecule has 1 unspecified atom stereocenters. The lowest BCUT2D eigenvalue weighted by molar-refractivity contribution is -0.140. The maximum atomic E-state index is 12.0. The first-order chi connectivity index (χ1) is 9.20. The van der Waals surface area contributed by atoms with E-state index in [4.69, 9.17) is 5.11 Å². The molecule has 0 saturated heterocycles. The minimum atomic E-state index is -0.755. The summed E-state index contributed by atoms with van der Waals surface area (Å²) >= 11 is 0. The Bertz CT molecular complexity index is 210. The Morgan fingerprint density at radius 1 is 1.00 bits per heavy atom. The molecule has 0 heterocycles. The molecule has 0 bridgehead atoms. The van der Waals surface area contributed by atoms with E-state index in [1.807, 2.05) is 0 Å². The summed E-state index contributed by atoms with van der Waals surface area (Å²) in [5.74, 6) is -0.115. The zero-order chi connectivity index (χ0) is 14.3. The Hall–Kier alpha value is -0.640. The highest BCUT2D eigenvalue weighted by Crippen LogP contribution is 2.12. The summed E-state index contributed by atoms with van der Waals surface area (Å²) in [6, 6.07) is 0. The van der Waals surface area contributed by atoms with Crippen LogP contribution in [0.2, 0.25) is 0 Å². The van der Waals surface area contributed by atoms with E-state index in [-0.39, 0.29) is 5.97 Å². The SMILES string of the molecule is COC(=O)CCCCCCCCCCCC(O)CF. The van der Waals surface area contributed by atoms with Gasteiger partial charge in [-0.05, 0) is 12.8 Å². The predicted molar refractivity (Wildman–Crippen MR) is 74.8 cm³/mol. The molecule has 19 heavy (non-hydrogen) atoms. The Kier molecular flexibility index (Phi) is 13.3. The molecule has 0 radical (unpaired) electrons. The third-order valence-corrected chi connectivity index (χ3v) is 3.32. The van der Waals surface area contributed by atoms with E-state index in [0.29, 0.717) is 12.8 Å². The number of hydrogen-bond acceptors (Lipinski definition) is 3. The fourth-order valence-electron chi connectivity index (χ4n) is 2.07. The van der Waals surface area contributed by atoms with Crippen LogP contribution in [-0.2, 0) is 9.53 Å². The quantitative estimate of drug-likeness (QED) is 0.411. The Balaban J connectivity index is 3.05. The fraction of sp³-hybridized carbons (Fsp3) is 0.933. The number of hydrogen-bond donors (Lipinski definition) is 1. The highest BCUT2D eigenvalue weighted by atomic mass is 19.1. The van der Waals surface area contributed by atoms with E-state index >= 15 is 0 Å². The number of aliphatic hydroxyl groups is 1. The molecule has 0 rings (SSSR count). The third-order valence-electron chi connectivity index (χ3n) is 3.32.